The summed E-state index contributed by atoms with van der Waals surface area (Å²) in [5.41, 5.74) is 0.983. The highest BCUT2D eigenvalue weighted by atomic mass is 16.4. The minimum Gasteiger partial charge on any atom is -0.454 e. The summed E-state index contributed by atoms with van der Waals surface area (Å²) < 4.78 is 5.55. The molecule has 0 aliphatic carbocycles. The average Bonchev–Trinajstić information content (AvgIpc) is 3.12. The Balaban J connectivity index is 1.69. The molecule has 0 bridgehead atoms. The van der Waals surface area contributed by atoms with Crippen molar-refractivity contribution in [2.24, 2.45) is 0 Å². The molecule has 3 rings (SSSR count). The topological polar surface area (TPSA) is 74.1 Å². The zero-order valence-corrected chi connectivity index (χ0v) is 15.7. The lowest BCUT2D eigenvalue weighted by atomic mass is 10.1. The Bertz CT molecular complexity index is 844. The standard InChI is InChI=1S/C20H23N3O4/c1-14-19(25)22(11-15-7-5-4-6-8-15)13-18(24)23(14)12-16-9-10-17(27-16)20(26)21(2)3/h4-10,14H,11-13H2,1-3H3/t14-/m1/s1. The lowest BCUT2D eigenvalue weighted by Gasteiger charge is -2.38. The first kappa shape index (κ1) is 18.7. The van der Waals surface area contributed by atoms with E-state index in [0.717, 1.165) is 5.56 Å². The molecule has 1 saturated heterocycles. The van der Waals surface area contributed by atoms with Crippen LogP contribution in [0.25, 0.3) is 0 Å². The molecule has 2 aromatic rings. The minimum absolute atomic E-state index is 0.0300. The van der Waals surface area contributed by atoms with Crippen LogP contribution >= 0.6 is 0 Å². The van der Waals surface area contributed by atoms with E-state index in [1.807, 2.05) is 30.3 Å². The maximum Gasteiger partial charge on any atom is 0.289 e. The van der Waals surface area contributed by atoms with Crippen molar-refractivity contribution < 1.29 is 18.8 Å². The van der Waals surface area contributed by atoms with Crippen LogP contribution in [0.2, 0.25) is 0 Å². The monoisotopic (exact) mass is 369 g/mol. The van der Waals surface area contributed by atoms with Gasteiger partial charge in [-0.1, -0.05) is 30.3 Å². The smallest absolute Gasteiger partial charge is 0.289 e. The van der Waals surface area contributed by atoms with E-state index in [-0.39, 0.29) is 36.6 Å². The summed E-state index contributed by atoms with van der Waals surface area (Å²) in [5.74, 6) is 0.197. The summed E-state index contributed by atoms with van der Waals surface area (Å²) in [6.45, 7) is 2.31. The lowest BCUT2D eigenvalue weighted by Crippen LogP contribution is -2.57. The predicted molar refractivity (Wildman–Crippen MR) is 98.6 cm³/mol. The van der Waals surface area contributed by atoms with E-state index < -0.39 is 6.04 Å². The van der Waals surface area contributed by atoms with Gasteiger partial charge in [0.2, 0.25) is 11.8 Å². The molecule has 3 amide bonds. The van der Waals surface area contributed by atoms with E-state index in [0.29, 0.717) is 12.3 Å². The molecule has 1 aromatic heterocycles. The van der Waals surface area contributed by atoms with Crippen molar-refractivity contribution >= 4 is 17.7 Å². The third-order valence-corrected chi connectivity index (χ3v) is 4.60. The Hall–Kier alpha value is -3.09. The Morgan fingerprint density at radius 2 is 1.81 bits per heavy atom. The van der Waals surface area contributed by atoms with Crippen LogP contribution in [0.5, 0.6) is 0 Å². The van der Waals surface area contributed by atoms with Crippen molar-refractivity contribution in [3.05, 3.63) is 59.5 Å². The van der Waals surface area contributed by atoms with Gasteiger partial charge >= 0.3 is 0 Å². The normalized spacial score (nSPS) is 17.4. The van der Waals surface area contributed by atoms with Gasteiger partial charge < -0.3 is 19.1 Å². The van der Waals surface area contributed by atoms with E-state index in [2.05, 4.69) is 0 Å². The molecule has 1 fully saturated rings. The highest BCUT2D eigenvalue weighted by Gasteiger charge is 2.36. The van der Waals surface area contributed by atoms with Crippen LogP contribution in [0.1, 0.15) is 28.8 Å². The molecule has 0 spiro atoms. The quantitative estimate of drug-likeness (QED) is 0.805. The second kappa shape index (κ2) is 7.65. The fourth-order valence-electron chi connectivity index (χ4n) is 3.07. The first-order valence-electron chi connectivity index (χ1n) is 8.79. The minimum atomic E-state index is -0.590. The molecule has 7 heteroatoms. The Morgan fingerprint density at radius 3 is 2.48 bits per heavy atom. The number of rotatable bonds is 5. The second-order valence-electron chi connectivity index (χ2n) is 6.84. The molecule has 1 aliphatic heterocycles. The van der Waals surface area contributed by atoms with Crippen LogP contribution < -0.4 is 0 Å². The largest absolute Gasteiger partial charge is 0.454 e. The number of amides is 3. The average molecular weight is 369 g/mol. The van der Waals surface area contributed by atoms with E-state index in [1.54, 1.807) is 38.1 Å². The molecule has 0 unspecified atom stereocenters. The van der Waals surface area contributed by atoms with Gasteiger partial charge in [0.1, 0.15) is 18.3 Å². The molecule has 1 aromatic carbocycles. The van der Waals surface area contributed by atoms with Gasteiger partial charge in [-0.05, 0) is 24.6 Å². The maximum absolute atomic E-state index is 12.7. The molecule has 1 aliphatic rings. The van der Waals surface area contributed by atoms with Crippen molar-refractivity contribution in [2.45, 2.75) is 26.1 Å². The fourth-order valence-corrected chi connectivity index (χ4v) is 3.07. The highest BCUT2D eigenvalue weighted by Crippen LogP contribution is 2.20. The third kappa shape index (κ3) is 4.02. The van der Waals surface area contributed by atoms with Crippen LogP contribution in [-0.4, -0.2) is 59.1 Å². The Kier molecular flexibility index (Phi) is 5.30. The molecule has 2 heterocycles. The first-order valence-corrected chi connectivity index (χ1v) is 8.79. The molecule has 1 atom stereocenters. The Labute approximate surface area is 158 Å². The predicted octanol–water partition coefficient (Wildman–Crippen LogP) is 1.74. The summed E-state index contributed by atoms with van der Waals surface area (Å²) in [6, 6.07) is 12.2. The van der Waals surface area contributed by atoms with Crippen molar-refractivity contribution in [2.75, 3.05) is 20.6 Å². The van der Waals surface area contributed by atoms with Crippen molar-refractivity contribution in [3.63, 3.8) is 0 Å². The highest BCUT2D eigenvalue weighted by molar-refractivity contribution is 5.94. The van der Waals surface area contributed by atoms with Gasteiger partial charge in [-0.15, -0.1) is 0 Å². The summed E-state index contributed by atoms with van der Waals surface area (Å²) >= 11 is 0. The van der Waals surface area contributed by atoms with Gasteiger partial charge in [-0.25, -0.2) is 0 Å². The van der Waals surface area contributed by atoms with Crippen molar-refractivity contribution in [3.8, 4) is 0 Å². The zero-order chi connectivity index (χ0) is 19.6. The molecular weight excluding hydrogens is 346 g/mol. The molecule has 7 nitrogen and oxygen atoms in total. The summed E-state index contributed by atoms with van der Waals surface area (Å²) in [5, 5.41) is 0. The number of benzene rings is 1. The molecule has 0 saturated carbocycles. The number of hydrogen-bond donors (Lipinski definition) is 0. The van der Waals surface area contributed by atoms with Crippen LogP contribution in [0.4, 0.5) is 0 Å². The molecule has 142 valence electrons. The van der Waals surface area contributed by atoms with Gasteiger partial charge in [0.15, 0.2) is 5.76 Å². The number of carbonyl (C=O) groups is 3. The number of piperazine rings is 1. The van der Waals surface area contributed by atoms with Gasteiger partial charge in [0, 0.05) is 20.6 Å². The van der Waals surface area contributed by atoms with E-state index in [9.17, 15) is 14.4 Å². The number of hydrogen-bond acceptors (Lipinski definition) is 4. The van der Waals surface area contributed by atoms with Gasteiger partial charge in [-0.3, -0.25) is 14.4 Å². The van der Waals surface area contributed by atoms with Crippen LogP contribution in [0.3, 0.4) is 0 Å². The molecular formula is C20H23N3O4. The van der Waals surface area contributed by atoms with E-state index >= 15 is 0 Å². The SMILES string of the molecule is C[C@@H]1C(=O)N(Cc2ccccc2)CC(=O)N1Cc1ccc(C(=O)N(C)C)o1. The summed E-state index contributed by atoms with van der Waals surface area (Å²) in [7, 11) is 3.28. The molecule has 27 heavy (non-hydrogen) atoms. The summed E-state index contributed by atoms with van der Waals surface area (Å²) in [6.07, 6.45) is 0. The number of nitrogens with zero attached hydrogens (tertiary/aromatic N) is 3. The molecule has 0 radical (unpaired) electrons. The van der Waals surface area contributed by atoms with Gasteiger partial charge in [0.05, 0.1) is 6.54 Å². The lowest BCUT2D eigenvalue weighted by molar-refractivity contribution is -0.156. The maximum atomic E-state index is 12.7. The first-order chi connectivity index (χ1) is 12.9. The Morgan fingerprint density at radius 1 is 1.11 bits per heavy atom. The summed E-state index contributed by atoms with van der Waals surface area (Å²) in [4.78, 5) is 41.8. The van der Waals surface area contributed by atoms with Crippen molar-refractivity contribution in [1.82, 2.24) is 14.7 Å². The van der Waals surface area contributed by atoms with E-state index in [1.165, 1.54) is 9.80 Å². The van der Waals surface area contributed by atoms with Crippen molar-refractivity contribution in [1.29, 1.82) is 0 Å². The van der Waals surface area contributed by atoms with Crippen LogP contribution in [0.15, 0.2) is 46.9 Å². The molecule has 0 N–H and O–H groups in total. The number of furan rings is 1. The van der Waals surface area contributed by atoms with Gasteiger partial charge in [0.25, 0.3) is 5.91 Å². The second-order valence-corrected chi connectivity index (χ2v) is 6.84. The zero-order valence-electron chi connectivity index (χ0n) is 15.7. The third-order valence-electron chi connectivity index (χ3n) is 4.60. The van der Waals surface area contributed by atoms with Gasteiger partial charge in [-0.2, -0.15) is 0 Å². The van der Waals surface area contributed by atoms with Crippen LogP contribution in [-0.2, 0) is 22.7 Å². The van der Waals surface area contributed by atoms with Crippen LogP contribution in [0, 0.1) is 0 Å². The number of carbonyl (C=O) groups excluding carboxylic acids is 3. The van der Waals surface area contributed by atoms with E-state index in [4.69, 9.17) is 4.42 Å². The fraction of sp³-hybridized carbons (Fsp3) is 0.350.